The number of hydrogen-bond donors (Lipinski definition) is 1. The molecule has 2 aliphatic heterocycles. The number of anilines is 1. The Morgan fingerprint density at radius 2 is 1.90 bits per heavy atom. The Kier molecular flexibility index (Phi) is 4.25. The summed E-state index contributed by atoms with van der Waals surface area (Å²) < 4.78 is 26.9. The van der Waals surface area contributed by atoms with Crippen molar-refractivity contribution in [3.8, 4) is 0 Å². The molecule has 0 radical (unpaired) electrons. The van der Waals surface area contributed by atoms with Crippen molar-refractivity contribution in [1.29, 1.82) is 0 Å². The fourth-order valence-corrected chi connectivity index (χ4v) is 5.43. The molecule has 112 valence electrons. The lowest BCUT2D eigenvalue weighted by atomic mass is 10.2. The van der Waals surface area contributed by atoms with Crippen molar-refractivity contribution in [1.82, 2.24) is 14.6 Å². The van der Waals surface area contributed by atoms with Gasteiger partial charge in [-0.25, -0.2) is 13.4 Å². The van der Waals surface area contributed by atoms with Gasteiger partial charge in [0.1, 0.15) is 0 Å². The van der Waals surface area contributed by atoms with E-state index in [2.05, 4.69) is 15.2 Å². The minimum atomic E-state index is -3.13. The highest BCUT2D eigenvalue weighted by Crippen LogP contribution is 2.23. The fraction of sp³-hybridized carbons (Fsp3) is 0.750. The third-order valence-corrected chi connectivity index (χ3v) is 7.23. The molecule has 0 aliphatic carbocycles. The van der Waals surface area contributed by atoms with Gasteiger partial charge in [-0.1, -0.05) is 0 Å². The van der Waals surface area contributed by atoms with Crippen LogP contribution in [0.15, 0.2) is 11.6 Å². The fourth-order valence-electron chi connectivity index (χ4n) is 2.81. The van der Waals surface area contributed by atoms with Gasteiger partial charge in [-0.15, -0.1) is 11.3 Å². The van der Waals surface area contributed by atoms with Crippen LogP contribution < -0.4 is 10.2 Å². The lowest BCUT2D eigenvalue weighted by Crippen LogP contribution is -2.52. The summed E-state index contributed by atoms with van der Waals surface area (Å²) in [6, 6.07) is 0. The standard InChI is InChI=1S/C12H20N4O2S2/c17-20(18,11-1-3-13-4-2-11)16-8-6-15(7-9-16)12-14-5-10-19-12/h5,10-11,13H,1-4,6-9H2. The maximum atomic E-state index is 12.6. The summed E-state index contributed by atoms with van der Waals surface area (Å²) in [5.41, 5.74) is 0. The first-order chi connectivity index (χ1) is 9.68. The zero-order chi connectivity index (χ0) is 14.0. The normalized spacial score (nSPS) is 23.1. The molecule has 0 saturated carbocycles. The molecular weight excluding hydrogens is 296 g/mol. The van der Waals surface area contributed by atoms with Crippen LogP contribution in [0, 0.1) is 0 Å². The highest BCUT2D eigenvalue weighted by molar-refractivity contribution is 7.89. The zero-order valence-corrected chi connectivity index (χ0v) is 13.0. The number of piperazine rings is 1. The molecule has 0 bridgehead atoms. The molecular formula is C12H20N4O2S2. The van der Waals surface area contributed by atoms with Crippen molar-refractivity contribution < 1.29 is 8.42 Å². The molecule has 3 heterocycles. The topological polar surface area (TPSA) is 65.5 Å². The van der Waals surface area contributed by atoms with Gasteiger partial charge in [0, 0.05) is 37.8 Å². The van der Waals surface area contributed by atoms with E-state index in [9.17, 15) is 8.42 Å². The van der Waals surface area contributed by atoms with Crippen molar-refractivity contribution >= 4 is 26.5 Å². The van der Waals surface area contributed by atoms with E-state index in [1.54, 1.807) is 21.8 Å². The number of thiazole rings is 1. The molecule has 20 heavy (non-hydrogen) atoms. The Hall–Kier alpha value is -0.700. The predicted molar refractivity (Wildman–Crippen MR) is 80.7 cm³/mol. The Labute approximate surface area is 123 Å². The number of piperidine rings is 1. The van der Waals surface area contributed by atoms with E-state index < -0.39 is 10.0 Å². The van der Waals surface area contributed by atoms with Crippen LogP contribution in [0.1, 0.15) is 12.8 Å². The Bertz CT molecular complexity index is 518. The van der Waals surface area contributed by atoms with Gasteiger partial charge in [0.2, 0.25) is 10.0 Å². The van der Waals surface area contributed by atoms with E-state index in [1.807, 2.05) is 5.38 Å². The number of aromatic nitrogens is 1. The molecule has 6 nitrogen and oxygen atoms in total. The molecule has 2 saturated heterocycles. The maximum Gasteiger partial charge on any atom is 0.217 e. The second kappa shape index (κ2) is 5.97. The molecule has 0 spiro atoms. The number of nitrogens with zero attached hydrogens (tertiary/aromatic N) is 3. The van der Waals surface area contributed by atoms with Crippen LogP contribution in [0.2, 0.25) is 0 Å². The molecule has 2 fully saturated rings. The summed E-state index contributed by atoms with van der Waals surface area (Å²) in [5.74, 6) is 0. The van der Waals surface area contributed by atoms with Crippen molar-refractivity contribution in [2.24, 2.45) is 0 Å². The molecule has 0 atom stereocenters. The van der Waals surface area contributed by atoms with Gasteiger partial charge in [0.05, 0.1) is 5.25 Å². The smallest absolute Gasteiger partial charge is 0.217 e. The van der Waals surface area contributed by atoms with E-state index >= 15 is 0 Å². The largest absolute Gasteiger partial charge is 0.345 e. The van der Waals surface area contributed by atoms with Crippen LogP contribution in [-0.2, 0) is 10.0 Å². The van der Waals surface area contributed by atoms with Crippen molar-refractivity contribution in [2.45, 2.75) is 18.1 Å². The minimum absolute atomic E-state index is 0.199. The highest BCUT2D eigenvalue weighted by Gasteiger charge is 2.34. The molecule has 1 N–H and O–H groups in total. The molecule has 0 amide bonds. The van der Waals surface area contributed by atoms with Gasteiger partial charge in [-0.05, 0) is 25.9 Å². The summed E-state index contributed by atoms with van der Waals surface area (Å²) in [4.78, 5) is 6.45. The van der Waals surface area contributed by atoms with Crippen LogP contribution in [-0.4, -0.2) is 62.2 Å². The van der Waals surface area contributed by atoms with Crippen LogP contribution in [0.25, 0.3) is 0 Å². The molecule has 1 aromatic heterocycles. The summed E-state index contributed by atoms with van der Waals surface area (Å²) in [6.07, 6.45) is 3.25. The van der Waals surface area contributed by atoms with E-state index in [0.29, 0.717) is 13.1 Å². The van der Waals surface area contributed by atoms with Crippen LogP contribution in [0.3, 0.4) is 0 Å². The number of hydrogen-bond acceptors (Lipinski definition) is 6. The van der Waals surface area contributed by atoms with Gasteiger partial charge in [0.15, 0.2) is 5.13 Å². The van der Waals surface area contributed by atoms with Gasteiger partial charge in [-0.2, -0.15) is 4.31 Å². The SMILES string of the molecule is O=S(=O)(C1CCNCC1)N1CCN(c2nccs2)CC1. The Morgan fingerprint density at radius 1 is 1.20 bits per heavy atom. The van der Waals surface area contributed by atoms with Gasteiger partial charge in [-0.3, -0.25) is 0 Å². The minimum Gasteiger partial charge on any atom is -0.345 e. The molecule has 0 unspecified atom stereocenters. The van der Waals surface area contributed by atoms with Crippen molar-refractivity contribution in [3.63, 3.8) is 0 Å². The maximum absolute atomic E-state index is 12.6. The summed E-state index contributed by atoms with van der Waals surface area (Å²) in [5, 5.41) is 5.96. The monoisotopic (exact) mass is 316 g/mol. The lowest BCUT2D eigenvalue weighted by Gasteiger charge is -2.36. The Morgan fingerprint density at radius 3 is 2.50 bits per heavy atom. The van der Waals surface area contributed by atoms with Crippen molar-refractivity contribution in [2.75, 3.05) is 44.2 Å². The average molecular weight is 316 g/mol. The summed E-state index contributed by atoms with van der Waals surface area (Å²) in [6.45, 7) is 4.24. The van der Waals surface area contributed by atoms with Gasteiger partial charge < -0.3 is 10.2 Å². The first-order valence-corrected chi connectivity index (χ1v) is 9.40. The third kappa shape index (κ3) is 2.83. The molecule has 2 aliphatic rings. The van der Waals surface area contributed by atoms with E-state index in [0.717, 1.165) is 44.2 Å². The molecule has 0 aromatic carbocycles. The predicted octanol–water partition coefficient (Wildman–Crippen LogP) is 0.347. The quantitative estimate of drug-likeness (QED) is 0.871. The average Bonchev–Trinajstić information content (AvgIpc) is 3.02. The van der Waals surface area contributed by atoms with Gasteiger partial charge >= 0.3 is 0 Å². The first kappa shape index (κ1) is 14.2. The molecule has 8 heteroatoms. The van der Waals surface area contributed by atoms with Crippen LogP contribution in [0.4, 0.5) is 5.13 Å². The lowest BCUT2D eigenvalue weighted by molar-refractivity contribution is 0.369. The van der Waals surface area contributed by atoms with Crippen LogP contribution in [0.5, 0.6) is 0 Å². The second-order valence-electron chi connectivity index (χ2n) is 5.20. The summed E-state index contributed by atoms with van der Waals surface area (Å²) >= 11 is 1.60. The number of nitrogens with one attached hydrogen (secondary N) is 1. The number of sulfonamides is 1. The first-order valence-electron chi connectivity index (χ1n) is 7.02. The van der Waals surface area contributed by atoms with E-state index in [4.69, 9.17) is 0 Å². The molecule has 3 rings (SSSR count). The highest BCUT2D eigenvalue weighted by atomic mass is 32.2. The number of rotatable bonds is 3. The Balaban J connectivity index is 1.62. The van der Waals surface area contributed by atoms with Crippen LogP contribution >= 0.6 is 11.3 Å². The van der Waals surface area contributed by atoms with Gasteiger partial charge in [0.25, 0.3) is 0 Å². The summed E-state index contributed by atoms with van der Waals surface area (Å²) in [7, 11) is -3.13. The van der Waals surface area contributed by atoms with E-state index in [-0.39, 0.29) is 5.25 Å². The van der Waals surface area contributed by atoms with Crippen molar-refractivity contribution in [3.05, 3.63) is 11.6 Å². The second-order valence-corrected chi connectivity index (χ2v) is 8.28. The zero-order valence-electron chi connectivity index (χ0n) is 11.4. The van der Waals surface area contributed by atoms with E-state index in [1.165, 1.54) is 0 Å². The third-order valence-electron chi connectivity index (χ3n) is 4.00. The molecule has 1 aromatic rings.